The minimum Gasteiger partial charge on any atom is -0.444 e. The number of hydrogen-bond donors (Lipinski definition) is 2. The number of carbonyl (C=O) groups excluding carboxylic acids is 1. The molecular formula is C25H39N6O2+. The molecule has 33 heavy (non-hydrogen) atoms. The van der Waals surface area contributed by atoms with Crippen LogP contribution in [0.4, 0.5) is 4.79 Å². The lowest BCUT2D eigenvalue weighted by Crippen LogP contribution is -2.42. The Kier molecular flexibility index (Phi) is 7.79. The molecule has 0 bridgehead atoms. The predicted molar refractivity (Wildman–Crippen MR) is 133 cm³/mol. The van der Waals surface area contributed by atoms with Gasteiger partial charge in [0.25, 0.3) is 5.82 Å². The van der Waals surface area contributed by atoms with Gasteiger partial charge in [0.15, 0.2) is 11.0 Å². The van der Waals surface area contributed by atoms with Crippen LogP contribution in [0.3, 0.4) is 0 Å². The lowest BCUT2D eigenvalue weighted by molar-refractivity contribution is -0.676. The highest BCUT2D eigenvalue weighted by Crippen LogP contribution is 2.22. The number of fused-ring (bicyclic) bond motifs is 1. The lowest BCUT2D eigenvalue weighted by Gasteiger charge is -2.32. The van der Waals surface area contributed by atoms with Crippen LogP contribution in [0.5, 0.6) is 0 Å². The quantitative estimate of drug-likeness (QED) is 0.516. The highest BCUT2D eigenvalue weighted by atomic mass is 16.6. The molecule has 1 fully saturated rings. The van der Waals surface area contributed by atoms with Crippen LogP contribution in [0, 0.1) is 0 Å². The standard InChI is InChI=1S/C25H39N6O2/c1-6-30-21-9-8-18(14-22(21)31(7-2)23(30)16-27)19(15-26)17-28-20-10-12-29(13-11-20)24(32)33-25(3,4)5/h8-9,14-15,17,20H,6-7,10-13,16,26-27H2,1-5H3/q+1. The fourth-order valence-corrected chi connectivity index (χ4v) is 4.42. The van der Waals surface area contributed by atoms with Crippen molar-refractivity contribution in [2.75, 3.05) is 13.1 Å². The summed E-state index contributed by atoms with van der Waals surface area (Å²) in [5.41, 5.74) is 15.8. The summed E-state index contributed by atoms with van der Waals surface area (Å²) < 4.78 is 10.0. The summed E-state index contributed by atoms with van der Waals surface area (Å²) in [6.45, 7) is 13.4. The van der Waals surface area contributed by atoms with Crippen molar-refractivity contribution in [1.29, 1.82) is 0 Å². The average Bonchev–Trinajstić information content (AvgIpc) is 3.10. The number of hydrogen-bond acceptors (Lipinski definition) is 5. The summed E-state index contributed by atoms with van der Waals surface area (Å²) in [6.07, 6.45) is 4.84. The second kappa shape index (κ2) is 10.4. The number of aromatic nitrogens is 2. The molecule has 8 nitrogen and oxygen atoms in total. The Labute approximate surface area is 196 Å². The van der Waals surface area contributed by atoms with Gasteiger partial charge in [0.05, 0.1) is 25.7 Å². The molecule has 180 valence electrons. The number of rotatable bonds is 6. The number of carbonyl (C=O) groups is 1. The molecule has 2 aromatic rings. The molecule has 0 atom stereocenters. The molecule has 0 saturated carbocycles. The molecule has 1 aromatic heterocycles. The number of nitrogens with zero attached hydrogens (tertiary/aromatic N) is 4. The SMILES string of the molecule is CCn1c(CN)[n+](CC)c2ccc(C(C=NC3CCN(C(=O)OC(C)(C)C)CC3)=CN)cc21. The Morgan fingerprint density at radius 1 is 1.27 bits per heavy atom. The van der Waals surface area contributed by atoms with Gasteiger partial charge >= 0.3 is 6.09 Å². The van der Waals surface area contributed by atoms with Crippen molar-refractivity contribution >= 4 is 28.9 Å². The molecule has 2 heterocycles. The molecule has 4 N–H and O–H groups in total. The third kappa shape index (κ3) is 5.55. The molecule has 1 aromatic carbocycles. The number of nitrogens with two attached hydrogens (primary N) is 2. The van der Waals surface area contributed by atoms with E-state index in [0.29, 0.717) is 19.6 Å². The van der Waals surface area contributed by atoms with E-state index >= 15 is 0 Å². The summed E-state index contributed by atoms with van der Waals surface area (Å²) in [5, 5.41) is 0. The minimum absolute atomic E-state index is 0.160. The average molecular weight is 456 g/mol. The van der Waals surface area contributed by atoms with E-state index in [1.165, 1.54) is 5.52 Å². The van der Waals surface area contributed by atoms with Crippen molar-refractivity contribution in [1.82, 2.24) is 9.47 Å². The second-order valence-corrected chi connectivity index (χ2v) is 9.41. The van der Waals surface area contributed by atoms with Gasteiger partial charge in [-0.15, -0.1) is 0 Å². The first kappa shape index (κ1) is 24.8. The van der Waals surface area contributed by atoms with Gasteiger partial charge in [-0.05, 0) is 71.2 Å². The van der Waals surface area contributed by atoms with Gasteiger partial charge in [0.1, 0.15) is 5.60 Å². The molecule has 0 radical (unpaired) electrons. The summed E-state index contributed by atoms with van der Waals surface area (Å²) in [5.74, 6) is 1.12. The number of allylic oxidation sites excluding steroid dienone is 1. The van der Waals surface area contributed by atoms with Gasteiger partial charge in [-0.1, -0.05) is 0 Å². The molecule has 1 aliphatic heterocycles. The highest BCUT2D eigenvalue weighted by molar-refractivity contribution is 6.10. The molecule has 0 unspecified atom stereocenters. The molecule has 8 heteroatoms. The largest absolute Gasteiger partial charge is 0.444 e. The van der Waals surface area contributed by atoms with Crippen LogP contribution in [0.1, 0.15) is 58.8 Å². The fourth-order valence-electron chi connectivity index (χ4n) is 4.42. The van der Waals surface area contributed by atoms with Crippen molar-refractivity contribution in [3.05, 3.63) is 35.8 Å². The van der Waals surface area contributed by atoms with Crippen LogP contribution in [-0.4, -0.2) is 46.5 Å². The maximum Gasteiger partial charge on any atom is 0.410 e. The van der Waals surface area contributed by atoms with Crippen LogP contribution in [0.15, 0.2) is 29.4 Å². The summed E-state index contributed by atoms with van der Waals surface area (Å²) in [6, 6.07) is 6.55. The van der Waals surface area contributed by atoms with Crippen LogP contribution >= 0.6 is 0 Å². The van der Waals surface area contributed by atoms with Crippen molar-refractivity contribution in [3.8, 4) is 0 Å². The number of benzene rings is 1. The third-order valence-electron chi connectivity index (χ3n) is 6.05. The lowest BCUT2D eigenvalue weighted by atomic mass is 10.0. The number of aliphatic imine (C=N–C) groups is 1. The third-order valence-corrected chi connectivity index (χ3v) is 6.05. The van der Waals surface area contributed by atoms with Gasteiger partial charge in [0, 0.05) is 31.1 Å². The predicted octanol–water partition coefficient (Wildman–Crippen LogP) is 3.20. The molecule has 1 amide bonds. The van der Waals surface area contributed by atoms with Crippen LogP contribution < -0.4 is 16.0 Å². The van der Waals surface area contributed by atoms with E-state index in [9.17, 15) is 4.79 Å². The number of amides is 1. The summed E-state index contributed by atoms with van der Waals surface area (Å²) >= 11 is 0. The van der Waals surface area contributed by atoms with Gasteiger partial charge < -0.3 is 21.1 Å². The molecule has 0 aliphatic carbocycles. The first-order chi connectivity index (χ1) is 15.7. The van der Waals surface area contributed by atoms with Gasteiger partial charge in [-0.2, -0.15) is 0 Å². The van der Waals surface area contributed by atoms with Crippen LogP contribution in [0.2, 0.25) is 0 Å². The van der Waals surface area contributed by atoms with Crippen LogP contribution in [0.25, 0.3) is 16.6 Å². The highest BCUT2D eigenvalue weighted by Gasteiger charge is 2.27. The van der Waals surface area contributed by atoms with Crippen molar-refractivity contribution in [3.63, 3.8) is 0 Å². The van der Waals surface area contributed by atoms with E-state index in [-0.39, 0.29) is 12.1 Å². The normalized spacial score (nSPS) is 16.2. The second-order valence-electron chi connectivity index (χ2n) is 9.41. The van der Waals surface area contributed by atoms with Crippen molar-refractivity contribution < 1.29 is 14.1 Å². The molecular weight excluding hydrogens is 416 g/mol. The van der Waals surface area contributed by atoms with E-state index < -0.39 is 5.60 Å². The van der Waals surface area contributed by atoms with E-state index in [4.69, 9.17) is 21.2 Å². The summed E-state index contributed by atoms with van der Waals surface area (Å²) in [7, 11) is 0. The maximum atomic E-state index is 12.3. The van der Waals surface area contributed by atoms with Crippen molar-refractivity contribution in [2.24, 2.45) is 16.5 Å². The Bertz CT molecular complexity index is 1040. The Morgan fingerprint density at radius 3 is 2.52 bits per heavy atom. The van der Waals surface area contributed by atoms with Gasteiger partial charge in [-0.3, -0.25) is 4.99 Å². The van der Waals surface area contributed by atoms with Crippen LogP contribution in [-0.2, 0) is 24.4 Å². The first-order valence-electron chi connectivity index (χ1n) is 11.9. The fraction of sp³-hybridized carbons (Fsp3) is 0.560. The maximum absolute atomic E-state index is 12.3. The van der Waals surface area contributed by atoms with E-state index in [1.54, 1.807) is 11.1 Å². The number of imidazole rings is 1. The number of piperidine rings is 1. The number of aryl methyl sites for hydroxylation is 2. The van der Waals surface area contributed by atoms with E-state index in [0.717, 1.165) is 48.4 Å². The topological polar surface area (TPSA) is 103 Å². The first-order valence-corrected chi connectivity index (χ1v) is 11.9. The molecule has 3 rings (SSSR count). The molecule has 1 saturated heterocycles. The number of ether oxygens (including phenoxy) is 1. The van der Waals surface area contributed by atoms with Gasteiger partial charge in [0.2, 0.25) is 0 Å². The minimum atomic E-state index is -0.479. The zero-order chi connectivity index (χ0) is 24.2. The smallest absolute Gasteiger partial charge is 0.410 e. The Hall–Kier alpha value is -2.87. The summed E-state index contributed by atoms with van der Waals surface area (Å²) in [4.78, 5) is 18.8. The zero-order valence-electron chi connectivity index (χ0n) is 20.7. The van der Waals surface area contributed by atoms with E-state index in [2.05, 4.69) is 41.2 Å². The Morgan fingerprint density at radius 2 is 1.97 bits per heavy atom. The molecule has 1 aliphatic rings. The monoisotopic (exact) mass is 455 g/mol. The number of likely N-dealkylation sites (tertiary alicyclic amines) is 1. The Balaban J connectivity index is 1.73. The van der Waals surface area contributed by atoms with Crippen molar-refractivity contribution in [2.45, 2.75) is 78.7 Å². The van der Waals surface area contributed by atoms with E-state index in [1.807, 2.05) is 27.0 Å². The zero-order valence-corrected chi connectivity index (χ0v) is 20.7. The van der Waals surface area contributed by atoms with Gasteiger partial charge in [-0.25, -0.2) is 13.9 Å². The molecule has 0 spiro atoms.